The predicted octanol–water partition coefficient (Wildman–Crippen LogP) is 7.33. The van der Waals surface area contributed by atoms with Gasteiger partial charge in [0, 0.05) is 40.8 Å². The normalized spacial score (nSPS) is 13.3. The number of rotatable bonds is 13. The van der Waals surface area contributed by atoms with Crippen molar-refractivity contribution >= 4 is 45.1 Å². The minimum absolute atomic E-state index is 0.167. The second-order valence-corrected chi connectivity index (χ2v) is 14.8. The van der Waals surface area contributed by atoms with Crippen LogP contribution in [-0.2, 0) is 11.2 Å². The number of amides is 1. The molecule has 3 heterocycles. The smallest absolute Gasteiger partial charge is 0.261 e. The van der Waals surface area contributed by atoms with Gasteiger partial charge in [-0.3, -0.25) is 24.5 Å². The van der Waals surface area contributed by atoms with Crippen molar-refractivity contribution in [1.29, 1.82) is 0 Å². The lowest BCUT2D eigenvalue weighted by Crippen LogP contribution is -2.26. The zero-order valence-corrected chi connectivity index (χ0v) is 36.7. The van der Waals surface area contributed by atoms with Gasteiger partial charge < -0.3 is 39.5 Å². The molecule has 0 spiro atoms. The molecule has 15 nitrogen and oxygen atoms in total. The number of anilines is 1. The Morgan fingerprint density at radius 2 is 1.69 bits per heavy atom. The molecule has 2 atom stereocenters. The number of methoxy groups -OCH3 is 4. The number of pyridine rings is 1. The Bertz CT molecular complexity index is 2540. The van der Waals surface area contributed by atoms with Crippen LogP contribution in [0, 0.1) is 0 Å². The average molecular weight is 855 g/mol. The van der Waals surface area contributed by atoms with Gasteiger partial charge in [-0.05, 0) is 111 Å². The van der Waals surface area contributed by atoms with Crippen molar-refractivity contribution in [2.24, 2.45) is 0 Å². The molecule has 0 fully saturated rings. The maximum atomic E-state index is 12.6. The molecule has 324 valence electrons. The Hall–Kier alpha value is -6.19. The van der Waals surface area contributed by atoms with Gasteiger partial charge in [-0.2, -0.15) is 5.10 Å². The van der Waals surface area contributed by atoms with Crippen LogP contribution in [0.3, 0.4) is 0 Å². The highest BCUT2D eigenvalue weighted by atomic mass is 35.5. The van der Waals surface area contributed by atoms with E-state index < -0.39 is 0 Å². The van der Waals surface area contributed by atoms with E-state index >= 15 is 0 Å². The topological polar surface area (TPSA) is 186 Å². The predicted molar refractivity (Wildman–Crippen MR) is 241 cm³/mol. The number of nitrogens with one attached hydrogen (secondary N) is 4. The summed E-state index contributed by atoms with van der Waals surface area (Å²) in [6.07, 6.45) is 8.26. The van der Waals surface area contributed by atoms with E-state index in [1.807, 2.05) is 42.6 Å². The van der Waals surface area contributed by atoms with E-state index in [9.17, 15) is 14.4 Å². The monoisotopic (exact) mass is 854 g/mol. The van der Waals surface area contributed by atoms with Crippen molar-refractivity contribution in [2.75, 3.05) is 53.4 Å². The standard InChI is InChI=1S/C22H25NO6.C18H26ClN3.C5H4N4O/c1-12(24)23-16-8-6-13-10-19(27-3)21(28-4)22(29-5)20(13)14-7-9-18(26-2)17(25)11-15(14)16;1-4-22(5-2)12-6-7-14(3)21-17-10-11-20-18-13-15(19)8-9-16(17)18;10-5-3-1-8-9-4(3)6-2-7-5/h7,9-11,16H,6,8H2,1-5H3,(H,23,24);8-11,13-14H,4-7,12H2,1-3H3,(H,20,21);1-2H,(H2,6,7,8,9,10)/t16-;;/m0../s1. The molecular weight excluding hydrogens is 800 g/mol. The fourth-order valence-corrected chi connectivity index (χ4v) is 7.55. The van der Waals surface area contributed by atoms with Crippen molar-refractivity contribution in [3.63, 3.8) is 0 Å². The second kappa shape index (κ2) is 21.9. The minimum atomic E-state index is -0.332. The van der Waals surface area contributed by atoms with E-state index in [0.29, 0.717) is 52.7 Å². The van der Waals surface area contributed by atoms with Gasteiger partial charge in [-0.1, -0.05) is 31.5 Å². The molecule has 0 bridgehead atoms. The third kappa shape index (κ3) is 11.3. The number of H-pyrrole nitrogens is 2. The number of ether oxygens (including phenoxy) is 4. The lowest BCUT2D eigenvalue weighted by atomic mass is 9.95. The molecule has 1 amide bonds. The molecule has 1 unspecified atom stereocenters. The van der Waals surface area contributed by atoms with E-state index in [-0.39, 0.29) is 28.7 Å². The zero-order valence-electron chi connectivity index (χ0n) is 36.0. The first-order chi connectivity index (χ1) is 29.5. The fourth-order valence-electron chi connectivity index (χ4n) is 7.38. The van der Waals surface area contributed by atoms with Crippen molar-refractivity contribution in [2.45, 2.75) is 65.5 Å². The maximum Gasteiger partial charge on any atom is 0.261 e. The highest BCUT2D eigenvalue weighted by Gasteiger charge is 2.29. The molecule has 7 rings (SSSR count). The quantitative estimate of drug-likeness (QED) is 0.0908. The van der Waals surface area contributed by atoms with E-state index in [0.717, 1.165) is 57.8 Å². The third-order valence-corrected chi connectivity index (χ3v) is 10.7. The molecule has 3 aromatic carbocycles. The summed E-state index contributed by atoms with van der Waals surface area (Å²) in [6, 6.07) is 14.9. The fraction of sp³-hybridized carbons (Fsp3) is 0.378. The van der Waals surface area contributed by atoms with E-state index in [2.05, 4.69) is 61.5 Å². The number of fused-ring (bicyclic) bond motifs is 5. The van der Waals surface area contributed by atoms with E-state index in [1.165, 1.54) is 45.6 Å². The molecule has 4 N–H and O–H groups in total. The Morgan fingerprint density at radius 1 is 0.934 bits per heavy atom. The summed E-state index contributed by atoms with van der Waals surface area (Å²) in [4.78, 5) is 48.5. The van der Waals surface area contributed by atoms with Gasteiger partial charge in [0.15, 0.2) is 22.9 Å². The number of hydrogen-bond acceptors (Lipinski definition) is 12. The molecule has 16 heteroatoms. The first kappa shape index (κ1) is 45.9. The first-order valence-corrected chi connectivity index (χ1v) is 20.6. The van der Waals surface area contributed by atoms with E-state index in [4.69, 9.17) is 30.5 Å². The molecule has 1 aliphatic rings. The molecule has 3 aromatic heterocycles. The van der Waals surface area contributed by atoms with Gasteiger partial charge in [-0.15, -0.1) is 0 Å². The van der Waals surface area contributed by atoms with Crippen LogP contribution in [0.25, 0.3) is 33.1 Å². The second-order valence-electron chi connectivity index (χ2n) is 14.3. The molecule has 0 radical (unpaired) electrons. The zero-order chi connectivity index (χ0) is 44.1. The van der Waals surface area contributed by atoms with Crippen molar-refractivity contribution < 1.29 is 23.7 Å². The minimum Gasteiger partial charge on any atom is -0.493 e. The Morgan fingerprint density at radius 3 is 2.36 bits per heavy atom. The number of aromatic amines is 2. The van der Waals surface area contributed by atoms with Crippen LogP contribution in [-0.4, -0.2) is 90.1 Å². The molecular formula is C45H55ClN8O7. The molecule has 0 saturated heterocycles. The third-order valence-electron chi connectivity index (χ3n) is 10.5. The Balaban J connectivity index is 0.000000192. The van der Waals surface area contributed by atoms with Gasteiger partial charge in [-0.25, -0.2) is 4.98 Å². The maximum absolute atomic E-state index is 12.6. The van der Waals surface area contributed by atoms with Crippen LogP contribution in [0.5, 0.6) is 23.0 Å². The lowest BCUT2D eigenvalue weighted by molar-refractivity contribution is -0.119. The summed E-state index contributed by atoms with van der Waals surface area (Å²) in [5, 5.41) is 15.2. The average Bonchev–Trinajstić information content (AvgIpc) is 3.63. The number of benzene rings is 2. The molecule has 1 aliphatic carbocycles. The molecule has 6 aromatic rings. The van der Waals surface area contributed by atoms with Gasteiger partial charge >= 0.3 is 0 Å². The first-order valence-electron chi connectivity index (χ1n) is 20.2. The van der Waals surface area contributed by atoms with Crippen molar-refractivity contribution in [1.82, 2.24) is 35.4 Å². The van der Waals surface area contributed by atoms with Crippen LogP contribution in [0.4, 0.5) is 5.69 Å². The van der Waals surface area contributed by atoms with E-state index in [1.54, 1.807) is 27.4 Å². The van der Waals surface area contributed by atoms with Crippen LogP contribution < -0.4 is 40.6 Å². The Kier molecular flexibility index (Phi) is 16.5. The highest BCUT2D eigenvalue weighted by molar-refractivity contribution is 6.31. The Labute approximate surface area is 360 Å². The summed E-state index contributed by atoms with van der Waals surface area (Å²) < 4.78 is 22.0. The van der Waals surface area contributed by atoms with Crippen LogP contribution in [0.1, 0.15) is 64.1 Å². The summed E-state index contributed by atoms with van der Waals surface area (Å²) in [5.74, 6) is 1.60. The summed E-state index contributed by atoms with van der Waals surface area (Å²) >= 11 is 6.04. The number of aryl methyl sites for hydroxylation is 1. The number of halogens is 1. The highest BCUT2D eigenvalue weighted by Crippen LogP contribution is 2.50. The van der Waals surface area contributed by atoms with Crippen molar-refractivity contribution in [3.8, 4) is 34.1 Å². The summed E-state index contributed by atoms with van der Waals surface area (Å²) in [6.45, 7) is 11.6. The number of carbonyl (C=O) groups is 1. The van der Waals surface area contributed by atoms with Gasteiger partial charge in [0.05, 0.1) is 52.5 Å². The number of carbonyl (C=O) groups excluding carboxylic acids is 1. The summed E-state index contributed by atoms with van der Waals surface area (Å²) in [5.41, 5.74) is 5.43. The van der Waals surface area contributed by atoms with Gasteiger partial charge in [0.2, 0.25) is 17.1 Å². The number of aromatic nitrogens is 5. The summed E-state index contributed by atoms with van der Waals surface area (Å²) in [7, 11) is 6.14. The molecule has 0 aliphatic heterocycles. The van der Waals surface area contributed by atoms with Gasteiger partial charge in [0.25, 0.3) is 5.56 Å². The lowest BCUT2D eigenvalue weighted by Gasteiger charge is -2.20. The molecule has 0 saturated carbocycles. The largest absolute Gasteiger partial charge is 0.493 e. The van der Waals surface area contributed by atoms with Crippen LogP contribution >= 0.6 is 11.6 Å². The number of nitrogens with zero attached hydrogens (tertiary/aromatic N) is 4. The van der Waals surface area contributed by atoms with Gasteiger partial charge in [0.1, 0.15) is 5.39 Å². The number of hydrogen-bond donors (Lipinski definition) is 4. The molecule has 61 heavy (non-hydrogen) atoms. The van der Waals surface area contributed by atoms with Crippen LogP contribution in [0.2, 0.25) is 5.02 Å². The SMILES string of the molecule is CCN(CC)CCCC(C)Nc1ccnc2cc(Cl)ccc12.COc1cc2c(c(OC)c1OC)-c1ccc(OC)c(=O)cc1[C@@H](NC(C)=O)CC2.O=c1[nH]cnc2[nH]ncc12. The van der Waals surface area contributed by atoms with Crippen molar-refractivity contribution in [3.05, 3.63) is 104 Å². The van der Waals surface area contributed by atoms with Crippen LogP contribution in [0.15, 0.2) is 76.8 Å².